The number of aromatic nitrogens is 2. The fourth-order valence-electron chi connectivity index (χ4n) is 1.42. The van der Waals surface area contributed by atoms with Crippen molar-refractivity contribution in [2.45, 2.75) is 24.3 Å². The molecular formula is C13H13IN2S. The third-order valence-corrected chi connectivity index (χ3v) is 3.50. The Morgan fingerprint density at radius 2 is 1.82 bits per heavy atom. The molecule has 0 saturated heterocycles. The van der Waals surface area contributed by atoms with Crippen molar-refractivity contribution in [1.82, 2.24) is 9.97 Å². The van der Waals surface area contributed by atoms with E-state index in [0.717, 1.165) is 20.1 Å². The molecule has 2 rings (SSSR count). The molecule has 0 radical (unpaired) electrons. The summed E-state index contributed by atoms with van der Waals surface area (Å²) in [4.78, 5) is 9.03. The first-order chi connectivity index (χ1) is 8.15. The second-order valence-electron chi connectivity index (χ2n) is 3.89. The largest absolute Gasteiger partial charge is 0.222 e. The van der Waals surface area contributed by atoms with Crippen LogP contribution in [0.2, 0.25) is 0 Å². The van der Waals surface area contributed by atoms with Gasteiger partial charge in [-0.25, -0.2) is 9.97 Å². The SMILES string of the molecule is CC(C)Sc1nc(I)cc(-c2ccccc2)n1. The Balaban J connectivity index is 2.38. The van der Waals surface area contributed by atoms with Crippen LogP contribution in [0.25, 0.3) is 11.3 Å². The Bertz CT molecular complexity index is 500. The number of hydrogen-bond donors (Lipinski definition) is 0. The van der Waals surface area contributed by atoms with Crippen LogP contribution in [0.4, 0.5) is 0 Å². The fourth-order valence-corrected chi connectivity index (χ4v) is 2.83. The van der Waals surface area contributed by atoms with E-state index in [1.807, 2.05) is 24.3 Å². The number of rotatable bonds is 3. The number of benzene rings is 1. The lowest BCUT2D eigenvalue weighted by molar-refractivity contribution is 0.941. The predicted molar refractivity (Wildman–Crippen MR) is 81.2 cm³/mol. The molecule has 2 aromatic rings. The van der Waals surface area contributed by atoms with Crippen molar-refractivity contribution in [2.24, 2.45) is 0 Å². The molecule has 4 heteroatoms. The second-order valence-corrected chi connectivity index (χ2v) is 6.54. The van der Waals surface area contributed by atoms with E-state index in [1.54, 1.807) is 11.8 Å². The van der Waals surface area contributed by atoms with E-state index in [4.69, 9.17) is 0 Å². The first-order valence-electron chi connectivity index (χ1n) is 5.42. The molecule has 0 amide bonds. The molecule has 0 fully saturated rings. The quantitative estimate of drug-likeness (QED) is 0.356. The van der Waals surface area contributed by atoms with E-state index in [1.165, 1.54) is 0 Å². The van der Waals surface area contributed by atoms with E-state index in [9.17, 15) is 0 Å². The topological polar surface area (TPSA) is 25.8 Å². The van der Waals surface area contributed by atoms with Crippen LogP contribution in [0.1, 0.15) is 13.8 Å². The summed E-state index contributed by atoms with van der Waals surface area (Å²) in [6.07, 6.45) is 0. The highest BCUT2D eigenvalue weighted by molar-refractivity contribution is 14.1. The third kappa shape index (κ3) is 3.67. The number of thioether (sulfide) groups is 1. The van der Waals surface area contributed by atoms with E-state index in [-0.39, 0.29) is 0 Å². The van der Waals surface area contributed by atoms with Crippen molar-refractivity contribution < 1.29 is 0 Å². The highest BCUT2D eigenvalue weighted by Gasteiger charge is 2.07. The van der Waals surface area contributed by atoms with Gasteiger partial charge in [-0.05, 0) is 28.7 Å². The lowest BCUT2D eigenvalue weighted by atomic mass is 10.1. The summed E-state index contributed by atoms with van der Waals surface area (Å²) in [7, 11) is 0. The molecule has 0 atom stereocenters. The average molecular weight is 356 g/mol. The van der Waals surface area contributed by atoms with Crippen molar-refractivity contribution in [3.63, 3.8) is 0 Å². The van der Waals surface area contributed by atoms with Crippen LogP contribution in [0, 0.1) is 3.70 Å². The standard InChI is InChI=1S/C13H13IN2S/c1-9(2)17-13-15-11(8-12(14)16-13)10-6-4-3-5-7-10/h3-9H,1-2H3. The van der Waals surface area contributed by atoms with Crippen LogP contribution in [0.15, 0.2) is 41.6 Å². The summed E-state index contributed by atoms with van der Waals surface area (Å²) >= 11 is 3.93. The molecule has 1 aromatic carbocycles. The summed E-state index contributed by atoms with van der Waals surface area (Å²) in [5.41, 5.74) is 2.13. The number of halogens is 1. The molecule has 0 aliphatic carbocycles. The van der Waals surface area contributed by atoms with E-state index >= 15 is 0 Å². The molecule has 0 N–H and O–H groups in total. The van der Waals surface area contributed by atoms with Crippen LogP contribution in [-0.2, 0) is 0 Å². The Kier molecular flexibility index (Phi) is 4.39. The molecule has 0 aliphatic heterocycles. The smallest absolute Gasteiger partial charge is 0.189 e. The van der Waals surface area contributed by atoms with Gasteiger partial charge in [-0.1, -0.05) is 55.9 Å². The molecule has 17 heavy (non-hydrogen) atoms. The molecular weight excluding hydrogens is 343 g/mol. The zero-order chi connectivity index (χ0) is 12.3. The van der Waals surface area contributed by atoms with Gasteiger partial charge in [0.2, 0.25) is 0 Å². The molecule has 0 bridgehead atoms. The van der Waals surface area contributed by atoms with E-state index < -0.39 is 0 Å². The molecule has 1 heterocycles. The van der Waals surface area contributed by atoms with Crippen molar-refractivity contribution in [3.05, 3.63) is 40.1 Å². The first kappa shape index (κ1) is 12.8. The van der Waals surface area contributed by atoms with Crippen molar-refractivity contribution in [1.29, 1.82) is 0 Å². The average Bonchev–Trinajstić information content (AvgIpc) is 2.28. The van der Waals surface area contributed by atoms with Gasteiger partial charge in [-0.2, -0.15) is 0 Å². The lowest BCUT2D eigenvalue weighted by Crippen LogP contribution is -1.96. The van der Waals surface area contributed by atoms with Gasteiger partial charge >= 0.3 is 0 Å². The minimum atomic E-state index is 0.497. The number of hydrogen-bond acceptors (Lipinski definition) is 3. The van der Waals surface area contributed by atoms with Crippen LogP contribution in [-0.4, -0.2) is 15.2 Å². The van der Waals surface area contributed by atoms with Crippen LogP contribution >= 0.6 is 34.4 Å². The summed E-state index contributed by atoms with van der Waals surface area (Å²) in [6.45, 7) is 4.30. The summed E-state index contributed by atoms with van der Waals surface area (Å²) < 4.78 is 0.986. The van der Waals surface area contributed by atoms with E-state index in [0.29, 0.717) is 5.25 Å². The molecule has 0 aliphatic rings. The number of nitrogens with zero attached hydrogens (tertiary/aromatic N) is 2. The zero-order valence-electron chi connectivity index (χ0n) is 9.72. The molecule has 0 unspecified atom stereocenters. The van der Waals surface area contributed by atoms with E-state index in [2.05, 4.69) is 58.5 Å². The monoisotopic (exact) mass is 356 g/mol. The Hall–Kier alpha value is -0.620. The minimum absolute atomic E-state index is 0.497. The Labute approximate surface area is 119 Å². The Morgan fingerprint density at radius 3 is 2.47 bits per heavy atom. The van der Waals surface area contributed by atoms with Crippen molar-refractivity contribution in [3.8, 4) is 11.3 Å². The van der Waals surface area contributed by atoms with Gasteiger partial charge in [0.15, 0.2) is 5.16 Å². The van der Waals surface area contributed by atoms with Gasteiger partial charge in [-0.3, -0.25) is 0 Å². The minimum Gasteiger partial charge on any atom is -0.222 e. The maximum Gasteiger partial charge on any atom is 0.189 e. The first-order valence-corrected chi connectivity index (χ1v) is 7.37. The van der Waals surface area contributed by atoms with Gasteiger partial charge in [0.05, 0.1) is 5.69 Å². The molecule has 88 valence electrons. The maximum atomic E-state index is 4.59. The summed E-state index contributed by atoms with van der Waals surface area (Å²) in [5, 5.41) is 1.35. The van der Waals surface area contributed by atoms with Crippen LogP contribution in [0.3, 0.4) is 0 Å². The van der Waals surface area contributed by atoms with Gasteiger partial charge in [0.1, 0.15) is 3.70 Å². The fraction of sp³-hybridized carbons (Fsp3) is 0.231. The van der Waals surface area contributed by atoms with Crippen LogP contribution < -0.4 is 0 Å². The normalized spacial score (nSPS) is 10.8. The maximum absolute atomic E-state index is 4.59. The second kappa shape index (κ2) is 5.82. The third-order valence-electron chi connectivity index (χ3n) is 2.09. The van der Waals surface area contributed by atoms with Gasteiger partial charge in [0, 0.05) is 10.8 Å². The lowest BCUT2D eigenvalue weighted by Gasteiger charge is -2.06. The van der Waals surface area contributed by atoms with Gasteiger partial charge in [-0.15, -0.1) is 0 Å². The molecule has 1 aromatic heterocycles. The summed E-state index contributed by atoms with van der Waals surface area (Å²) in [5.74, 6) is 0. The van der Waals surface area contributed by atoms with Gasteiger partial charge < -0.3 is 0 Å². The summed E-state index contributed by atoms with van der Waals surface area (Å²) in [6, 6.07) is 12.2. The Morgan fingerprint density at radius 1 is 1.12 bits per heavy atom. The highest BCUT2D eigenvalue weighted by Crippen LogP contribution is 2.24. The molecule has 0 spiro atoms. The predicted octanol–water partition coefficient (Wildman–Crippen LogP) is 4.25. The zero-order valence-corrected chi connectivity index (χ0v) is 12.7. The van der Waals surface area contributed by atoms with Crippen molar-refractivity contribution in [2.75, 3.05) is 0 Å². The molecule has 2 nitrogen and oxygen atoms in total. The molecule has 0 saturated carbocycles. The van der Waals surface area contributed by atoms with Gasteiger partial charge in [0.25, 0.3) is 0 Å². The van der Waals surface area contributed by atoms with Crippen LogP contribution in [0.5, 0.6) is 0 Å². The van der Waals surface area contributed by atoms with Crippen molar-refractivity contribution >= 4 is 34.4 Å². The highest BCUT2D eigenvalue weighted by atomic mass is 127.